The maximum Gasteiger partial charge on any atom is 0.341 e. The van der Waals surface area contributed by atoms with Crippen LogP contribution in [0.1, 0.15) is 68.8 Å². The van der Waals surface area contributed by atoms with Gasteiger partial charge in [0, 0.05) is 35.7 Å². The van der Waals surface area contributed by atoms with Crippen LogP contribution in [0.4, 0.5) is 5.82 Å². The molecule has 8 rings (SSSR count). The SMILES string of the molecule is Cc1cc(=O)c2c(O)c3c(cc2o1)OC(C)(C)[C@@H]1OC(=O)[C@]2(O[C@@H]2CCc2ccnc(N)c2)C2CCC(CC2)[C@@H]31. The molecular formula is C31H34N2O7. The Balaban J connectivity index is 1.27. The quantitative estimate of drug-likeness (QED) is 0.358. The summed E-state index contributed by atoms with van der Waals surface area (Å²) in [6, 6.07) is 6.86. The van der Waals surface area contributed by atoms with Gasteiger partial charge in [-0.15, -0.1) is 0 Å². The van der Waals surface area contributed by atoms with Gasteiger partial charge in [0.1, 0.15) is 45.8 Å². The van der Waals surface area contributed by atoms with E-state index in [0.717, 1.165) is 37.7 Å². The van der Waals surface area contributed by atoms with Gasteiger partial charge < -0.3 is 29.5 Å². The number of aromatic hydroxyl groups is 1. The molecule has 0 amide bonds. The molecule has 2 aromatic heterocycles. The van der Waals surface area contributed by atoms with E-state index in [1.54, 1.807) is 19.2 Å². The number of anilines is 1. The zero-order valence-electron chi connectivity index (χ0n) is 22.9. The Hall–Kier alpha value is -3.59. The van der Waals surface area contributed by atoms with Gasteiger partial charge in [-0.05, 0) is 82.9 Å². The first kappa shape index (κ1) is 25.4. The Morgan fingerprint density at radius 1 is 1.12 bits per heavy atom. The minimum Gasteiger partial charge on any atom is -0.507 e. The van der Waals surface area contributed by atoms with Gasteiger partial charge in [0.25, 0.3) is 0 Å². The molecule has 4 aliphatic heterocycles. The third kappa shape index (κ3) is 3.73. The molecule has 210 valence electrons. The fourth-order valence-corrected chi connectivity index (χ4v) is 7.69. The molecule has 9 heteroatoms. The number of rotatable bonds is 3. The van der Waals surface area contributed by atoms with Gasteiger partial charge in [0.05, 0.1) is 6.10 Å². The first-order chi connectivity index (χ1) is 19.1. The zero-order valence-corrected chi connectivity index (χ0v) is 22.9. The molecule has 1 aromatic carbocycles. The summed E-state index contributed by atoms with van der Waals surface area (Å²) in [4.78, 5) is 31.0. The van der Waals surface area contributed by atoms with Crippen LogP contribution in [0.3, 0.4) is 0 Å². The van der Waals surface area contributed by atoms with E-state index < -0.39 is 17.3 Å². The number of carbonyl (C=O) groups is 1. The van der Waals surface area contributed by atoms with E-state index in [0.29, 0.717) is 29.3 Å². The van der Waals surface area contributed by atoms with Crippen molar-refractivity contribution in [3.05, 3.63) is 57.6 Å². The standard InChI is InChI=1S/C31H34N2O7/c1-15-12-19(34)25-20(37-15)14-21-26(27(25)35)24-17-5-7-18(8-6-17)31(29(36)38-28(24)30(2,3)39-21)22(40-31)9-4-16-10-11-33-23(32)13-16/h10-14,17-18,22,24,28,35H,4-9H2,1-3H3,(H2,32,33)/t17?,18?,22-,24+,28-,31+/m1/s1. The second-order valence-electron chi connectivity index (χ2n) is 12.4. The fraction of sp³-hybridized carbons (Fsp3) is 0.516. The smallest absolute Gasteiger partial charge is 0.341 e. The number of phenolic OH excluding ortho intramolecular Hbond substituents is 1. The van der Waals surface area contributed by atoms with Crippen molar-refractivity contribution >= 4 is 22.8 Å². The number of nitrogens with zero attached hydrogens (tertiary/aromatic N) is 1. The van der Waals surface area contributed by atoms with Crippen LogP contribution >= 0.6 is 0 Å². The van der Waals surface area contributed by atoms with E-state index in [1.165, 1.54) is 6.07 Å². The number of carbonyl (C=O) groups excluding carboxylic acids is 1. The van der Waals surface area contributed by atoms with Gasteiger partial charge in [-0.25, -0.2) is 9.78 Å². The lowest BCUT2D eigenvalue weighted by Gasteiger charge is -2.47. The third-order valence-corrected chi connectivity index (χ3v) is 9.57. The van der Waals surface area contributed by atoms with Crippen LogP contribution in [0.15, 0.2) is 39.7 Å². The van der Waals surface area contributed by atoms with Crippen LogP contribution in [0.25, 0.3) is 11.0 Å². The average molecular weight is 547 g/mol. The molecule has 6 heterocycles. The van der Waals surface area contributed by atoms with Gasteiger partial charge in [-0.3, -0.25) is 4.79 Å². The lowest BCUT2D eigenvalue weighted by atomic mass is 9.66. The third-order valence-electron chi connectivity index (χ3n) is 9.57. The first-order valence-electron chi connectivity index (χ1n) is 14.2. The Labute approximate surface area is 231 Å². The summed E-state index contributed by atoms with van der Waals surface area (Å²) in [5.74, 6) is 0.766. The summed E-state index contributed by atoms with van der Waals surface area (Å²) in [5, 5.41) is 11.7. The summed E-state index contributed by atoms with van der Waals surface area (Å²) in [6.45, 7) is 5.51. The summed E-state index contributed by atoms with van der Waals surface area (Å²) in [6.07, 6.45) is 5.55. The minimum absolute atomic E-state index is 0.0626. The van der Waals surface area contributed by atoms with E-state index in [1.807, 2.05) is 26.0 Å². The van der Waals surface area contributed by atoms with Crippen molar-refractivity contribution in [2.75, 3.05) is 5.73 Å². The number of hydrogen-bond donors (Lipinski definition) is 2. The number of nitrogens with two attached hydrogens (primary N) is 1. The molecule has 0 radical (unpaired) electrons. The molecule has 4 fully saturated rings. The predicted octanol–water partition coefficient (Wildman–Crippen LogP) is 4.54. The molecule has 40 heavy (non-hydrogen) atoms. The summed E-state index contributed by atoms with van der Waals surface area (Å²) in [5.41, 5.74) is 5.55. The van der Waals surface area contributed by atoms with Crippen molar-refractivity contribution in [1.29, 1.82) is 0 Å². The zero-order chi connectivity index (χ0) is 28.0. The lowest BCUT2D eigenvalue weighted by Crippen LogP contribution is -2.53. The first-order valence-corrected chi connectivity index (χ1v) is 14.2. The van der Waals surface area contributed by atoms with Crippen molar-refractivity contribution in [2.45, 2.75) is 88.6 Å². The normalized spacial score (nSPS) is 31.9. The highest BCUT2D eigenvalue weighted by Crippen LogP contribution is 2.59. The van der Waals surface area contributed by atoms with Crippen molar-refractivity contribution < 1.29 is 28.5 Å². The molecule has 2 bridgehead atoms. The number of aryl methyl sites for hydroxylation is 2. The highest BCUT2D eigenvalue weighted by molar-refractivity contribution is 5.88. The van der Waals surface area contributed by atoms with Crippen LogP contribution in [-0.4, -0.2) is 39.5 Å². The van der Waals surface area contributed by atoms with Crippen molar-refractivity contribution in [1.82, 2.24) is 4.98 Å². The molecule has 1 aliphatic carbocycles. The lowest BCUT2D eigenvalue weighted by molar-refractivity contribution is -0.172. The number of benzene rings is 1. The van der Waals surface area contributed by atoms with Crippen LogP contribution in [-0.2, 0) is 20.7 Å². The average Bonchev–Trinajstić information content (AvgIpc) is 3.61. The minimum atomic E-state index is -0.973. The van der Waals surface area contributed by atoms with E-state index in [9.17, 15) is 14.7 Å². The highest BCUT2D eigenvalue weighted by atomic mass is 16.7. The molecule has 4 atom stereocenters. The number of hydrogen-bond acceptors (Lipinski definition) is 9. The van der Waals surface area contributed by atoms with Crippen molar-refractivity contribution in [2.24, 2.45) is 11.8 Å². The monoisotopic (exact) mass is 546 g/mol. The van der Waals surface area contributed by atoms with Gasteiger partial charge in [0.2, 0.25) is 0 Å². The Kier molecular flexibility index (Phi) is 5.52. The number of nitrogen functional groups attached to an aromatic ring is 1. The molecule has 9 nitrogen and oxygen atoms in total. The van der Waals surface area contributed by atoms with Crippen LogP contribution < -0.4 is 15.9 Å². The topological polar surface area (TPSA) is 137 Å². The number of phenols is 1. The second-order valence-corrected chi connectivity index (χ2v) is 12.4. The van der Waals surface area contributed by atoms with E-state index in [2.05, 4.69) is 4.98 Å². The molecule has 3 aromatic rings. The summed E-state index contributed by atoms with van der Waals surface area (Å²) < 4.78 is 24.9. The number of ether oxygens (including phenoxy) is 3. The summed E-state index contributed by atoms with van der Waals surface area (Å²) >= 11 is 0. The van der Waals surface area contributed by atoms with E-state index in [4.69, 9.17) is 24.4 Å². The predicted molar refractivity (Wildman–Crippen MR) is 146 cm³/mol. The molecular weight excluding hydrogens is 512 g/mol. The van der Waals surface area contributed by atoms with Crippen LogP contribution in [0.2, 0.25) is 0 Å². The van der Waals surface area contributed by atoms with Crippen LogP contribution in [0, 0.1) is 18.8 Å². The van der Waals surface area contributed by atoms with Gasteiger partial charge in [-0.2, -0.15) is 0 Å². The largest absolute Gasteiger partial charge is 0.507 e. The number of esters is 1. The second kappa shape index (κ2) is 8.70. The maximum atomic E-state index is 14.1. The van der Waals surface area contributed by atoms with Gasteiger partial charge in [0.15, 0.2) is 11.0 Å². The van der Waals surface area contributed by atoms with E-state index >= 15 is 0 Å². The van der Waals surface area contributed by atoms with Crippen molar-refractivity contribution in [3.63, 3.8) is 0 Å². The van der Waals surface area contributed by atoms with Crippen molar-refractivity contribution in [3.8, 4) is 11.5 Å². The molecule has 3 N–H and O–H groups in total. The van der Waals surface area contributed by atoms with E-state index in [-0.39, 0.29) is 52.0 Å². The molecule has 3 saturated heterocycles. The molecule has 0 unspecified atom stereocenters. The number of pyridine rings is 1. The van der Waals surface area contributed by atoms with Crippen LogP contribution in [0.5, 0.6) is 11.5 Å². The number of fused-ring (bicyclic) bond motifs is 5. The fourth-order valence-electron chi connectivity index (χ4n) is 7.69. The molecule has 5 aliphatic rings. The summed E-state index contributed by atoms with van der Waals surface area (Å²) in [7, 11) is 0. The maximum absolute atomic E-state index is 14.1. The molecule has 1 spiro atoms. The Morgan fingerprint density at radius 3 is 2.65 bits per heavy atom. The van der Waals surface area contributed by atoms with Gasteiger partial charge >= 0.3 is 5.97 Å². The Morgan fingerprint density at radius 2 is 1.90 bits per heavy atom. The number of aromatic nitrogens is 1. The number of epoxide rings is 1. The highest BCUT2D eigenvalue weighted by Gasteiger charge is 2.69. The Bertz CT molecular complexity index is 1590. The molecule has 1 saturated carbocycles. The van der Waals surface area contributed by atoms with Gasteiger partial charge in [-0.1, -0.05) is 0 Å².